The van der Waals surface area contributed by atoms with Crippen molar-refractivity contribution in [3.63, 3.8) is 0 Å². The van der Waals surface area contributed by atoms with Gasteiger partial charge >= 0.3 is 0 Å². The Hall–Kier alpha value is -0.900. The summed E-state index contributed by atoms with van der Waals surface area (Å²) in [5, 5.41) is 0. The normalized spacial score (nSPS) is 18.1. The van der Waals surface area contributed by atoms with Gasteiger partial charge in [0.2, 0.25) is 0 Å². The van der Waals surface area contributed by atoms with E-state index in [-0.39, 0.29) is 11.7 Å². The fourth-order valence-electron chi connectivity index (χ4n) is 2.56. The number of ketones is 1. The number of rotatable bonds is 2. The van der Waals surface area contributed by atoms with Crippen LogP contribution >= 0.6 is 34.5 Å². The van der Waals surface area contributed by atoms with Crippen molar-refractivity contribution in [1.82, 2.24) is 4.98 Å². The monoisotopic (exact) mass is 311 g/mol. The highest BCUT2D eigenvalue weighted by atomic mass is 35.5. The Morgan fingerprint density at radius 3 is 3.00 bits per heavy atom. The average molecular weight is 312 g/mol. The molecule has 2 nitrogen and oxygen atoms in total. The van der Waals surface area contributed by atoms with E-state index in [1.807, 2.05) is 12.1 Å². The van der Waals surface area contributed by atoms with E-state index < -0.39 is 0 Å². The highest BCUT2D eigenvalue weighted by Gasteiger charge is 2.30. The lowest BCUT2D eigenvalue weighted by molar-refractivity contribution is 0.0949. The van der Waals surface area contributed by atoms with Crippen LogP contribution in [0.15, 0.2) is 24.4 Å². The molecule has 2 aromatic heterocycles. The van der Waals surface area contributed by atoms with Crippen LogP contribution in [0, 0.1) is 0 Å². The van der Waals surface area contributed by atoms with E-state index in [0.717, 1.165) is 25.0 Å². The van der Waals surface area contributed by atoms with E-state index in [9.17, 15) is 4.79 Å². The summed E-state index contributed by atoms with van der Waals surface area (Å²) in [4.78, 5) is 17.0. The molecule has 0 N–H and O–H groups in total. The number of Topliss-reactive ketones (excluding diaryl/α,β-unsaturated/α-hetero) is 1. The minimum Gasteiger partial charge on any atom is -0.293 e. The zero-order chi connectivity index (χ0) is 13.4. The number of aromatic nitrogens is 1. The predicted molar refractivity (Wildman–Crippen MR) is 78.6 cm³/mol. The standard InChI is InChI=1S/C14H11Cl2NOS/c15-11-7-10(14(16)19-11)13(18)9-5-1-3-8-4-2-6-17-12(8)9/h2,4,6-7,9H,1,3,5H2. The molecule has 0 spiro atoms. The van der Waals surface area contributed by atoms with Gasteiger partial charge < -0.3 is 0 Å². The lowest BCUT2D eigenvalue weighted by Crippen LogP contribution is -2.20. The van der Waals surface area contributed by atoms with Crippen molar-refractivity contribution >= 4 is 40.3 Å². The summed E-state index contributed by atoms with van der Waals surface area (Å²) in [7, 11) is 0. The summed E-state index contributed by atoms with van der Waals surface area (Å²) in [6.45, 7) is 0. The molecule has 0 saturated heterocycles. The van der Waals surface area contributed by atoms with E-state index in [2.05, 4.69) is 4.98 Å². The maximum atomic E-state index is 12.6. The SMILES string of the molecule is O=C(c1cc(Cl)sc1Cl)C1CCCc2cccnc21. The quantitative estimate of drug-likeness (QED) is 0.749. The van der Waals surface area contributed by atoms with Gasteiger partial charge in [0.1, 0.15) is 4.34 Å². The summed E-state index contributed by atoms with van der Waals surface area (Å²) in [6.07, 6.45) is 4.56. The van der Waals surface area contributed by atoms with Gasteiger partial charge in [0, 0.05) is 11.8 Å². The Morgan fingerprint density at radius 1 is 1.42 bits per heavy atom. The number of aryl methyl sites for hydroxylation is 1. The van der Waals surface area contributed by atoms with Crippen LogP contribution in [0.1, 0.15) is 40.4 Å². The van der Waals surface area contributed by atoms with E-state index in [4.69, 9.17) is 23.2 Å². The number of carbonyl (C=O) groups excluding carboxylic acids is 1. The van der Waals surface area contributed by atoms with Crippen molar-refractivity contribution in [2.75, 3.05) is 0 Å². The molecule has 2 aromatic rings. The van der Waals surface area contributed by atoms with Gasteiger partial charge in [-0.25, -0.2) is 0 Å². The highest BCUT2D eigenvalue weighted by molar-refractivity contribution is 7.20. The van der Waals surface area contributed by atoms with Gasteiger partial charge in [-0.15, -0.1) is 11.3 Å². The van der Waals surface area contributed by atoms with Crippen molar-refractivity contribution in [3.05, 3.63) is 49.9 Å². The molecule has 1 atom stereocenters. The van der Waals surface area contributed by atoms with Crippen molar-refractivity contribution in [3.8, 4) is 0 Å². The molecule has 0 saturated carbocycles. The van der Waals surface area contributed by atoms with Gasteiger partial charge in [-0.05, 0) is 37.0 Å². The number of nitrogens with zero attached hydrogens (tertiary/aromatic N) is 1. The zero-order valence-electron chi connectivity index (χ0n) is 10.0. The second-order valence-corrected chi connectivity index (χ2v) is 6.88. The van der Waals surface area contributed by atoms with Crippen molar-refractivity contribution < 1.29 is 4.79 Å². The summed E-state index contributed by atoms with van der Waals surface area (Å²) in [5.41, 5.74) is 2.60. The fourth-order valence-corrected chi connectivity index (χ4v) is 4.03. The molecule has 2 heterocycles. The molecule has 3 rings (SSSR count). The number of hydrogen-bond acceptors (Lipinski definition) is 3. The first-order valence-electron chi connectivity index (χ1n) is 6.09. The van der Waals surface area contributed by atoms with Gasteiger partial charge in [-0.1, -0.05) is 29.3 Å². The van der Waals surface area contributed by atoms with Crippen molar-refractivity contribution in [2.45, 2.75) is 25.2 Å². The molecule has 0 aromatic carbocycles. The Balaban J connectivity index is 2.00. The Bertz CT molecular complexity index is 638. The Kier molecular flexibility index (Phi) is 3.61. The Labute approximate surface area is 125 Å². The average Bonchev–Trinajstić information content (AvgIpc) is 2.76. The first-order chi connectivity index (χ1) is 9.16. The van der Waals surface area contributed by atoms with Crippen LogP contribution in [0.3, 0.4) is 0 Å². The Morgan fingerprint density at radius 2 is 2.26 bits per heavy atom. The molecule has 0 amide bonds. The maximum absolute atomic E-state index is 12.6. The topological polar surface area (TPSA) is 30.0 Å². The van der Waals surface area contributed by atoms with Crippen LogP contribution in [0.25, 0.3) is 0 Å². The second-order valence-electron chi connectivity index (χ2n) is 4.59. The first-order valence-corrected chi connectivity index (χ1v) is 7.67. The molecule has 1 unspecified atom stereocenters. The van der Waals surface area contributed by atoms with E-state index >= 15 is 0 Å². The van der Waals surface area contributed by atoms with Crippen LogP contribution < -0.4 is 0 Å². The third-order valence-electron chi connectivity index (χ3n) is 3.43. The number of thiophene rings is 1. The number of halogens is 2. The largest absolute Gasteiger partial charge is 0.293 e. The predicted octanol–water partition coefficient (Wildman–Crippen LogP) is 4.75. The van der Waals surface area contributed by atoms with Gasteiger partial charge in [-0.2, -0.15) is 0 Å². The fraction of sp³-hybridized carbons (Fsp3) is 0.286. The minimum absolute atomic E-state index is 0.0350. The van der Waals surface area contributed by atoms with Gasteiger partial charge in [-0.3, -0.25) is 9.78 Å². The molecule has 98 valence electrons. The van der Waals surface area contributed by atoms with E-state index in [1.165, 1.54) is 16.9 Å². The number of pyridine rings is 1. The van der Waals surface area contributed by atoms with Crippen LogP contribution in [0.5, 0.6) is 0 Å². The van der Waals surface area contributed by atoms with Crippen LogP contribution in [0.4, 0.5) is 0 Å². The lowest BCUT2D eigenvalue weighted by atomic mass is 9.82. The number of carbonyl (C=O) groups is 1. The van der Waals surface area contributed by atoms with Gasteiger partial charge in [0.25, 0.3) is 0 Å². The van der Waals surface area contributed by atoms with Crippen LogP contribution in [0.2, 0.25) is 8.67 Å². The summed E-state index contributed by atoms with van der Waals surface area (Å²) in [5.74, 6) is -0.152. The molecule has 1 aliphatic rings. The molecule has 0 fully saturated rings. The molecule has 0 radical (unpaired) electrons. The highest BCUT2D eigenvalue weighted by Crippen LogP contribution is 2.38. The van der Waals surface area contributed by atoms with Gasteiger partial charge in [0.05, 0.1) is 15.9 Å². The van der Waals surface area contributed by atoms with Crippen LogP contribution in [-0.2, 0) is 6.42 Å². The molecule has 5 heteroatoms. The molecule has 19 heavy (non-hydrogen) atoms. The molecular formula is C14H11Cl2NOS. The lowest BCUT2D eigenvalue weighted by Gasteiger charge is -2.22. The molecule has 0 aliphatic heterocycles. The smallest absolute Gasteiger partial charge is 0.174 e. The van der Waals surface area contributed by atoms with Crippen molar-refractivity contribution in [2.24, 2.45) is 0 Å². The minimum atomic E-state index is -0.187. The number of fused-ring (bicyclic) bond motifs is 1. The third-order valence-corrected chi connectivity index (χ3v) is 4.92. The molecule has 1 aliphatic carbocycles. The van der Waals surface area contributed by atoms with E-state index in [1.54, 1.807) is 12.3 Å². The second kappa shape index (κ2) is 5.23. The summed E-state index contributed by atoms with van der Waals surface area (Å²) < 4.78 is 1.02. The maximum Gasteiger partial charge on any atom is 0.174 e. The van der Waals surface area contributed by atoms with Crippen molar-refractivity contribution in [1.29, 1.82) is 0 Å². The summed E-state index contributed by atoms with van der Waals surface area (Å²) in [6, 6.07) is 5.62. The number of hydrogen-bond donors (Lipinski definition) is 0. The molecule has 0 bridgehead atoms. The summed E-state index contributed by atoms with van der Waals surface area (Å²) >= 11 is 13.2. The third kappa shape index (κ3) is 2.42. The first kappa shape index (κ1) is 13.1. The molecular weight excluding hydrogens is 301 g/mol. The zero-order valence-corrected chi connectivity index (χ0v) is 12.4. The van der Waals surface area contributed by atoms with Crippen LogP contribution in [-0.4, -0.2) is 10.8 Å². The van der Waals surface area contributed by atoms with E-state index in [0.29, 0.717) is 14.2 Å². The van der Waals surface area contributed by atoms with Gasteiger partial charge in [0.15, 0.2) is 5.78 Å².